The first-order valence-corrected chi connectivity index (χ1v) is 6.62. The predicted octanol–water partition coefficient (Wildman–Crippen LogP) is 2.34. The summed E-state index contributed by atoms with van der Waals surface area (Å²) in [5.41, 5.74) is 1.80. The van der Waals surface area contributed by atoms with E-state index >= 15 is 0 Å². The van der Waals surface area contributed by atoms with E-state index in [1.807, 2.05) is 0 Å². The summed E-state index contributed by atoms with van der Waals surface area (Å²) in [5.74, 6) is 1.54. The third-order valence-corrected chi connectivity index (χ3v) is 4.11. The molecule has 2 aliphatic rings. The molecule has 0 aliphatic heterocycles. The fraction of sp³-hybridized carbons (Fsp3) is 0.857. The van der Waals surface area contributed by atoms with Gasteiger partial charge in [0.15, 0.2) is 0 Å². The molecule has 92 valence electrons. The Morgan fingerprint density at radius 2 is 2.25 bits per heavy atom. The number of nitrogens with one attached hydrogen (secondary N) is 1. The van der Waals surface area contributed by atoms with E-state index in [9.17, 15) is 5.11 Å². The van der Waals surface area contributed by atoms with Crippen molar-refractivity contribution in [1.82, 2.24) is 5.32 Å². The van der Waals surface area contributed by atoms with Crippen LogP contribution in [0, 0.1) is 17.3 Å². The summed E-state index contributed by atoms with van der Waals surface area (Å²) in [6.07, 6.45) is 7.39. The third-order valence-electron chi connectivity index (χ3n) is 4.11. The Kier molecular flexibility index (Phi) is 3.70. The lowest BCUT2D eigenvalue weighted by Gasteiger charge is -2.26. The van der Waals surface area contributed by atoms with Crippen molar-refractivity contribution in [1.29, 1.82) is 0 Å². The van der Waals surface area contributed by atoms with Gasteiger partial charge in [0, 0.05) is 18.6 Å². The van der Waals surface area contributed by atoms with Gasteiger partial charge in [0.1, 0.15) is 0 Å². The molecule has 0 aromatic heterocycles. The first-order valence-electron chi connectivity index (χ1n) is 6.62. The smallest absolute Gasteiger partial charge is 0.0499 e. The Morgan fingerprint density at radius 3 is 2.81 bits per heavy atom. The Morgan fingerprint density at radius 1 is 1.50 bits per heavy atom. The second-order valence-corrected chi connectivity index (χ2v) is 6.09. The highest BCUT2D eigenvalue weighted by Crippen LogP contribution is 2.44. The molecule has 2 nitrogen and oxygen atoms in total. The van der Waals surface area contributed by atoms with Gasteiger partial charge < -0.3 is 10.4 Å². The van der Waals surface area contributed by atoms with Crippen LogP contribution in [-0.2, 0) is 0 Å². The molecule has 2 atom stereocenters. The van der Waals surface area contributed by atoms with Crippen molar-refractivity contribution in [2.75, 3.05) is 19.7 Å². The molecule has 1 fully saturated rings. The Bertz CT molecular complexity index is 268. The van der Waals surface area contributed by atoms with Crippen LogP contribution in [0.2, 0.25) is 0 Å². The maximum atomic E-state index is 9.23. The van der Waals surface area contributed by atoms with Crippen LogP contribution in [0.15, 0.2) is 11.6 Å². The van der Waals surface area contributed by atoms with Gasteiger partial charge in [-0.2, -0.15) is 0 Å². The number of hydrogen-bond donors (Lipinski definition) is 2. The van der Waals surface area contributed by atoms with Crippen LogP contribution in [0.4, 0.5) is 0 Å². The van der Waals surface area contributed by atoms with Gasteiger partial charge in [-0.05, 0) is 51.0 Å². The van der Waals surface area contributed by atoms with E-state index in [-0.39, 0.29) is 5.41 Å². The second-order valence-electron chi connectivity index (χ2n) is 6.09. The Labute approximate surface area is 99.1 Å². The van der Waals surface area contributed by atoms with Crippen LogP contribution in [0.1, 0.15) is 39.5 Å². The van der Waals surface area contributed by atoms with Crippen LogP contribution >= 0.6 is 0 Å². The zero-order valence-corrected chi connectivity index (χ0v) is 10.6. The average Bonchev–Trinajstić information content (AvgIpc) is 2.97. The van der Waals surface area contributed by atoms with Crippen molar-refractivity contribution >= 4 is 0 Å². The third kappa shape index (κ3) is 3.08. The molecular formula is C14H25NO. The highest BCUT2D eigenvalue weighted by atomic mass is 16.3. The Hall–Kier alpha value is -0.340. The SMILES string of the molecule is CC1=CC(C)CC(CNCC2(CO)CC2)C1. The summed E-state index contributed by atoms with van der Waals surface area (Å²) in [6, 6.07) is 0. The molecule has 1 saturated carbocycles. The van der Waals surface area contributed by atoms with Crippen molar-refractivity contribution < 1.29 is 5.11 Å². The van der Waals surface area contributed by atoms with Crippen LogP contribution < -0.4 is 5.32 Å². The minimum Gasteiger partial charge on any atom is -0.396 e. The molecule has 0 amide bonds. The first-order chi connectivity index (χ1) is 7.63. The molecule has 2 rings (SSSR count). The highest BCUT2D eigenvalue weighted by molar-refractivity contribution is 5.06. The quantitative estimate of drug-likeness (QED) is 0.701. The van der Waals surface area contributed by atoms with Gasteiger partial charge in [-0.15, -0.1) is 0 Å². The number of hydrogen-bond acceptors (Lipinski definition) is 2. The van der Waals surface area contributed by atoms with Crippen LogP contribution in [0.25, 0.3) is 0 Å². The lowest BCUT2D eigenvalue weighted by Crippen LogP contribution is -2.32. The maximum absolute atomic E-state index is 9.23. The number of aliphatic hydroxyl groups is 1. The van der Waals surface area contributed by atoms with Crippen LogP contribution in [0.5, 0.6) is 0 Å². The molecule has 0 radical (unpaired) electrons. The van der Waals surface area contributed by atoms with Gasteiger partial charge in [0.25, 0.3) is 0 Å². The van der Waals surface area contributed by atoms with Gasteiger partial charge in [0.05, 0.1) is 0 Å². The van der Waals surface area contributed by atoms with E-state index in [2.05, 4.69) is 25.2 Å². The second kappa shape index (κ2) is 4.89. The molecule has 0 saturated heterocycles. The minimum absolute atomic E-state index is 0.255. The lowest BCUT2D eigenvalue weighted by molar-refractivity contribution is 0.205. The van der Waals surface area contributed by atoms with Crippen LogP contribution in [0.3, 0.4) is 0 Å². The zero-order chi connectivity index (χ0) is 11.6. The fourth-order valence-corrected chi connectivity index (χ4v) is 2.95. The van der Waals surface area contributed by atoms with Crippen LogP contribution in [-0.4, -0.2) is 24.8 Å². The van der Waals surface area contributed by atoms with E-state index in [4.69, 9.17) is 0 Å². The number of rotatable bonds is 5. The summed E-state index contributed by atoms with van der Waals surface area (Å²) < 4.78 is 0. The molecule has 2 N–H and O–H groups in total. The van der Waals surface area contributed by atoms with Gasteiger partial charge in [0.2, 0.25) is 0 Å². The van der Waals surface area contributed by atoms with Gasteiger partial charge in [-0.3, -0.25) is 0 Å². The van der Waals surface area contributed by atoms with Gasteiger partial charge in [-0.1, -0.05) is 18.6 Å². The minimum atomic E-state index is 0.255. The summed E-state index contributed by atoms with van der Waals surface area (Å²) in [5, 5.41) is 12.8. The first kappa shape index (κ1) is 12.1. The summed E-state index contributed by atoms with van der Waals surface area (Å²) in [6.45, 7) is 7.05. The molecule has 2 aliphatic carbocycles. The predicted molar refractivity (Wildman–Crippen MR) is 67.3 cm³/mol. The van der Waals surface area contributed by atoms with E-state index in [0.717, 1.165) is 24.9 Å². The molecule has 0 heterocycles. The van der Waals surface area contributed by atoms with Gasteiger partial charge in [-0.25, -0.2) is 0 Å². The maximum Gasteiger partial charge on any atom is 0.0499 e. The van der Waals surface area contributed by atoms with Gasteiger partial charge >= 0.3 is 0 Å². The highest BCUT2D eigenvalue weighted by Gasteiger charge is 2.41. The topological polar surface area (TPSA) is 32.3 Å². The lowest BCUT2D eigenvalue weighted by atomic mass is 9.83. The monoisotopic (exact) mass is 223 g/mol. The van der Waals surface area contributed by atoms with Crippen molar-refractivity contribution in [3.05, 3.63) is 11.6 Å². The number of aliphatic hydroxyl groups excluding tert-OH is 1. The number of allylic oxidation sites excluding steroid dienone is 2. The molecule has 0 bridgehead atoms. The van der Waals surface area contributed by atoms with E-state index in [1.165, 1.54) is 25.7 Å². The fourth-order valence-electron chi connectivity index (χ4n) is 2.95. The zero-order valence-electron chi connectivity index (χ0n) is 10.6. The molecule has 0 aromatic carbocycles. The summed E-state index contributed by atoms with van der Waals surface area (Å²) >= 11 is 0. The van der Waals surface area contributed by atoms with Crippen molar-refractivity contribution in [3.8, 4) is 0 Å². The van der Waals surface area contributed by atoms with E-state index < -0.39 is 0 Å². The molecule has 0 aromatic rings. The van der Waals surface area contributed by atoms with Crippen molar-refractivity contribution in [3.63, 3.8) is 0 Å². The normalized spacial score (nSPS) is 32.3. The molecular weight excluding hydrogens is 198 g/mol. The largest absolute Gasteiger partial charge is 0.396 e. The van der Waals surface area contributed by atoms with Crippen molar-refractivity contribution in [2.45, 2.75) is 39.5 Å². The van der Waals surface area contributed by atoms with E-state index in [0.29, 0.717) is 6.61 Å². The van der Waals surface area contributed by atoms with E-state index in [1.54, 1.807) is 5.57 Å². The summed E-state index contributed by atoms with van der Waals surface area (Å²) in [7, 11) is 0. The van der Waals surface area contributed by atoms with Crippen molar-refractivity contribution in [2.24, 2.45) is 17.3 Å². The summed E-state index contributed by atoms with van der Waals surface area (Å²) in [4.78, 5) is 0. The Balaban J connectivity index is 1.69. The molecule has 2 unspecified atom stereocenters. The average molecular weight is 223 g/mol. The standard InChI is InChI=1S/C14H25NO/c1-11-5-12(2)7-13(6-11)8-15-9-14(10-16)3-4-14/h5,11,13,15-16H,3-4,6-10H2,1-2H3. The molecule has 0 spiro atoms. The molecule has 16 heavy (non-hydrogen) atoms. The molecule has 2 heteroatoms.